The van der Waals surface area contributed by atoms with Gasteiger partial charge in [0.05, 0.1) is 4.90 Å². The summed E-state index contributed by atoms with van der Waals surface area (Å²) >= 11 is 0. The number of piperazine rings is 1. The number of sulfonamides is 1. The van der Waals surface area contributed by atoms with Gasteiger partial charge in [0.1, 0.15) is 0 Å². The maximum absolute atomic E-state index is 12.5. The van der Waals surface area contributed by atoms with Crippen LogP contribution in [0.1, 0.15) is 12.5 Å². The summed E-state index contributed by atoms with van der Waals surface area (Å²) in [7, 11) is -1.41. The van der Waals surface area contributed by atoms with Gasteiger partial charge in [0.2, 0.25) is 10.0 Å². The van der Waals surface area contributed by atoms with E-state index in [1.165, 1.54) is 4.31 Å². The van der Waals surface area contributed by atoms with Gasteiger partial charge in [-0.2, -0.15) is 4.31 Å². The lowest BCUT2D eigenvalue weighted by Gasteiger charge is -2.31. The Morgan fingerprint density at radius 1 is 1.21 bits per heavy atom. The summed E-state index contributed by atoms with van der Waals surface area (Å²) in [5, 5.41) is 0. The smallest absolute Gasteiger partial charge is 0.243 e. The Balaban J connectivity index is 2.27. The molecule has 5 nitrogen and oxygen atoms in total. The lowest BCUT2D eigenvalue weighted by molar-refractivity contribution is 0.222. The minimum absolute atomic E-state index is 0.298. The molecule has 0 aliphatic carbocycles. The van der Waals surface area contributed by atoms with Crippen molar-refractivity contribution in [2.24, 2.45) is 0 Å². The first-order valence-corrected chi connectivity index (χ1v) is 7.96. The summed E-state index contributed by atoms with van der Waals surface area (Å²) in [6, 6.07) is 5.04. The van der Waals surface area contributed by atoms with Crippen molar-refractivity contribution >= 4 is 15.7 Å². The van der Waals surface area contributed by atoms with E-state index in [-0.39, 0.29) is 0 Å². The zero-order valence-electron chi connectivity index (χ0n) is 11.5. The molecule has 19 heavy (non-hydrogen) atoms. The molecule has 2 rings (SSSR count). The maximum Gasteiger partial charge on any atom is 0.243 e. The Hall–Kier alpha value is -1.11. The second-order valence-electron chi connectivity index (χ2n) is 4.92. The summed E-state index contributed by atoms with van der Waals surface area (Å²) in [6.45, 7) is 4.60. The van der Waals surface area contributed by atoms with Crippen LogP contribution in [0.3, 0.4) is 0 Å². The summed E-state index contributed by atoms with van der Waals surface area (Å²) in [5.41, 5.74) is 7.43. The monoisotopic (exact) mass is 283 g/mol. The first-order valence-electron chi connectivity index (χ1n) is 6.52. The molecule has 1 aromatic rings. The predicted molar refractivity (Wildman–Crippen MR) is 76.5 cm³/mol. The number of benzene rings is 1. The van der Waals surface area contributed by atoms with Crippen LogP contribution in [0.5, 0.6) is 0 Å². The van der Waals surface area contributed by atoms with Crippen LogP contribution in [-0.2, 0) is 16.4 Å². The summed E-state index contributed by atoms with van der Waals surface area (Å²) in [4.78, 5) is 2.42. The molecule has 106 valence electrons. The number of nitrogens with zero attached hydrogens (tertiary/aromatic N) is 2. The molecular formula is C13H21N3O2S. The van der Waals surface area contributed by atoms with Gasteiger partial charge in [0.15, 0.2) is 0 Å². The van der Waals surface area contributed by atoms with Gasteiger partial charge in [-0.3, -0.25) is 0 Å². The van der Waals surface area contributed by atoms with Crippen molar-refractivity contribution in [3.63, 3.8) is 0 Å². The summed E-state index contributed by atoms with van der Waals surface area (Å²) in [6.07, 6.45) is 0.806. The van der Waals surface area contributed by atoms with E-state index in [9.17, 15) is 8.42 Å². The molecule has 0 unspecified atom stereocenters. The molecule has 0 saturated carbocycles. The zero-order chi connectivity index (χ0) is 14.0. The Kier molecular flexibility index (Phi) is 4.13. The maximum atomic E-state index is 12.5. The minimum atomic E-state index is -3.41. The molecule has 0 amide bonds. The third-order valence-electron chi connectivity index (χ3n) is 3.60. The molecule has 1 aromatic carbocycles. The van der Waals surface area contributed by atoms with Gasteiger partial charge in [-0.05, 0) is 31.2 Å². The van der Waals surface area contributed by atoms with Crippen LogP contribution in [0, 0.1) is 0 Å². The zero-order valence-corrected chi connectivity index (χ0v) is 12.3. The van der Waals surface area contributed by atoms with Crippen molar-refractivity contribution in [2.45, 2.75) is 18.2 Å². The van der Waals surface area contributed by atoms with Crippen molar-refractivity contribution in [1.29, 1.82) is 0 Å². The molecule has 1 aliphatic heterocycles. The number of hydrogen-bond acceptors (Lipinski definition) is 4. The highest BCUT2D eigenvalue weighted by molar-refractivity contribution is 7.89. The molecule has 1 saturated heterocycles. The third-order valence-corrected chi connectivity index (χ3v) is 5.49. The highest BCUT2D eigenvalue weighted by Crippen LogP contribution is 2.22. The molecule has 1 heterocycles. The standard InChI is InChI=1S/C13H21N3O2S/c1-3-11-4-5-12(10-13(11)14)19(17,18)16-8-6-15(2)7-9-16/h4-5,10H,3,6-9,14H2,1-2H3. The van der Waals surface area contributed by atoms with Gasteiger partial charge in [-0.15, -0.1) is 0 Å². The minimum Gasteiger partial charge on any atom is -0.398 e. The van der Waals surface area contributed by atoms with Crippen molar-refractivity contribution < 1.29 is 8.42 Å². The van der Waals surface area contributed by atoms with E-state index in [1.54, 1.807) is 18.2 Å². The lowest BCUT2D eigenvalue weighted by Crippen LogP contribution is -2.47. The van der Waals surface area contributed by atoms with Crippen molar-refractivity contribution in [1.82, 2.24) is 9.21 Å². The number of aryl methyl sites for hydroxylation is 1. The van der Waals surface area contributed by atoms with Crippen molar-refractivity contribution in [3.8, 4) is 0 Å². The third kappa shape index (κ3) is 2.91. The second-order valence-corrected chi connectivity index (χ2v) is 6.86. The topological polar surface area (TPSA) is 66.6 Å². The second kappa shape index (κ2) is 5.48. The molecule has 0 aromatic heterocycles. The normalized spacial score (nSPS) is 18.6. The number of hydrogen-bond donors (Lipinski definition) is 1. The van der Waals surface area contributed by atoms with Crippen LogP contribution in [0.2, 0.25) is 0 Å². The van der Waals surface area contributed by atoms with Crippen LogP contribution < -0.4 is 5.73 Å². The molecule has 0 spiro atoms. The molecule has 2 N–H and O–H groups in total. The van der Waals surface area contributed by atoms with Crippen molar-refractivity contribution in [3.05, 3.63) is 23.8 Å². The van der Waals surface area contributed by atoms with Crippen LogP contribution in [0.4, 0.5) is 5.69 Å². The first-order chi connectivity index (χ1) is 8.95. The van der Waals surface area contributed by atoms with Crippen LogP contribution in [0.25, 0.3) is 0 Å². The molecule has 0 radical (unpaired) electrons. The van der Waals surface area contributed by atoms with E-state index < -0.39 is 10.0 Å². The molecular weight excluding hydrogens is 262 g/mol. The Labute approximate surface area is 115 Å². The predicted octanol–water partition coefficient (Wildman–Crippen LogP) is 0.767. The van der Waals surface area contributed by atoms with Gasteiger partial charge < -0.3 is 10.6 Å². The van der Waals surface area contributed by atoms with Crippen LogP contribution in [-0.4, -0.2) is 50.8 Å². The highest BCUT2D eigenvalue weighted by Gasteiger charge is 2.27. The molecule has 6 heteroatoms. The first kappa shape index (κ1) is 14.3. The quantitative estimate of drug-likeness (QED) is 0.832. The Bertz CT molecular complexity index is 549. The Morgan fingerprint density at radius 2 is 1.84 bits per heavy atom. The van der Waals surface area contributed by atoms with Gasteiger partial charge in [-0.25, -0.2) is 8.42 Å². The largest absolute Gasteiger partial charge is 0.398 e. The number of anilines is 1. The fourth-order valence-corrected chi connectivity index (χ4v) is 3.69. The van der Waals surface area contributed by atoms with Crippen LogP contribution >= 0.6 is 0 Å². The lowest BCUT2D eigenvalue weighted by atomic mass is 10.1. The molecule has 1 aliphatic rings. The molecule has 0 atom stereocenters. The molecule has 1 fully saturated rings. The fraction of sp³-hybridized carbons (Fsp3) is 0.538. The average molecular weight is 283 g/mol. The summed E-state index contributed by atoms with van der Waals surface area (Å²) < 4.78 is 26.5. The number of nitrogens with two attached hydrogens (primary N) is 1. The van der Waals surface area contributed by atoms with E-state index in [0.717, 1.165) is 25.1 Å². The highest BCUT2D eigenvalue weighted by atomic mass is 32.2. The van der Waals surface area contributed by atoms with E-state index in [2.05, 4.69) is 4.90 Å². The van der Waals surface area contributed by atoms with E-state index in [1.807, 2.05) is 14.0 Å². The average Bonchev–Trinajstić information content (AvgIpc) is 2.39. The number of nitrogen functional groups attached to an aromatic ring is 1. The van der Waals surface area contributed by atoms with Gasteiger partial charge >= 0.3 is 0 Å². The molecule has 0 bridgehead atoms. The Morgan fingerprint density at radius 3 is 2.37 bits per heavy atom. The van der Waals surface area contributed by atoms with E-state index >= 15 is 0 Å². The van der Waals surface area contributed by atoms with E-state index in [0.29, 0.717) is 23.7 Å². The number of likely N-dealkylation sites (N-methyl/N-ethyl adjacent to an activating group) is 1. The van der Waals surface area contributed by atoms with Gasteiger partial charge in [-0.1, -0.05) is 13.0 Å². The fourth-order valence-electron chi connectivity index (χ4n) is 2.23. The van der Waals surface area contributed by atoms with Gasteiger partial charge in [0.25, 0.3) is 0 Å². The SMILES string of the molecule is CCc1ccc(S(=O)(=O)N2CCN(C)CC2)cc1N. The number of rotatable bonds is 3. The van der Waals surface area contributed by atoms with Crippen molar-refractivity contribution in [2.75, 3.05) is 39.0 Å². The summed E-state index contributed by atoms with van der Waals surface area (Å²) in [5.74, 6) is 0. The van der Waals surface area contributed by atoms with Crippen LogP contribution in [0.15, 0.2) is 23.1 Å². The van der Waals surface area contributed by atoms with Gasteiger partial charge in [0, 0.05) is 31.9 Å². The van der Waals surface area contributed by atoms with E-state index in [4.69, 9.17) is 5.73 Å².